The van der Waals surface area contributed by atoms with E-state index in [1.54, 1.807) is 0 Å². The first-order chi connectivity index (χ1) is 9.92. The van der Waals surface area contributed by atoms with E-state index in [4.69, 9.17) is 28.3 Å². The molecule has 0 aromatic heterocycles. The van der Waals surface area contributed by atoms with E-state index in [1.807, 2.05) is 6.92 Å². The Morgan fingerprint density at radius 2 is 1.86 bits per heavy atom. The lowest BCUT2D eigenvalue weighted by atomic mass is 10.2. The van der Waals surface area contributed by atoms with Crippen LogP contribution < -0.4 is 4.72 Å². The van der Waals surface area contributed by atoms with E-state index in [9.17, 15) is 8.42 Å². The minimum Gasteiger partial charge on any atom is -0.384 e. The zero-order valence-electron chi connectivity index (χ0n) is 11.6. The second-order valence-corrected chi connectivity index (χ2v) is 6.85. The Morgan fingerprint density at radius 1 is 1.24 bits per heavy atom. The maximum atomic E-state index is 12.2. The molecule has 0 fully saturated rings. The molecular weight excluding hydrogens is 333 g/mol. The number of aliphatic hydroxyl groups excluding tert-OH is 1. The SMILES string of the molecule is CCCCCNS(=O)(=O)c1c(Cl)cc(C#CCO)cc1Cl. The third-order valence-corrected chi connectivity index (χ3v) is 5.03. The molecule has 0 spiro atoms. The summed E-state index contributed by atoms with van der Waals surface area (Å²) in [5.74, 6) is 5.08. The molecule has 0 heterocycles. The van der Waals surface area contributed by atoms with Gasteiger partial charge >= 0.3 is 0 Å². The van der Waals surface area contributed by atoms with Gasteiger partial charge in [0.05, 0.1) is 10.0 Å². The lowest BCUT2D eigenvalue weighted by Crippen LogP contribution is -2.25. The fourth-order valence-corrected chi connectivity index (χ4v) is 3.97. The molecule has 1 aromatic carbocycles. The van der Waals surface area contributed by atoms with E-state index in [0.717, 1.165) is 19.3 Å². The molecule has 0 unspecified atom stereocenters. The first kappa shape index (κ1) is 18.3. The van der Waals surface area contributed by atoms with Gasteiger partial charge in [0.2, 0.25) is 10.0 Å². The molecule has 1 rings (SSSR count). The third kappa shape index (κ3) is 5.50. The van der Waals surface area contributed by atoms with Crippen LogP contribution in [0.3, 0.4) is 0 Å². The van der Waals surface area contributed by atoms with Gasteiger partial charge in [-0.15, -0.1) is 0 Å². The summed E-state index contributed by atoms with van der Waals surface area (Å²) in [6.07, 6.45) is 2.70. The molecule has 0 radical (unpaired) electrons. The van der Waals surface area contributed by atoms with Crippen molar-refractivity contribution < 1.29 is 13.5 Å². The van der Waals surface area contributed by atoms with Crippen LogP contribution in [0.4, 0.5) is 0 Å². The monoisotopic (exact) mass is 349 g/mol. The van der Waals surface area contributed by atoms with Gasteiger partial charge in [-0.3, -0.25) is 0 Å². The quantitative estimate of drug-likeness (QED) is 0.612. The number of unbranched alkanes of at least 4 members (excludes halogenated alkanes) is 2. The average Bonchev–Trinajstić information content (AvgIpc) is 2.40. The van der Waals surface area contributed by atoms with E-state index in [0.29, 0.717) is 12.1 Å². The van der Waals surface area contributed by atoms with Crippen molar-refractivity contribution in [2.45, 2.75) is 31.1 Å². The van der Waals surface area contributed by atoms with Crippen LogP contribution in [0.2, 0.25) is 10.0 Å². The number of sulfonamides is 1. The lowest BCUT2D eigenvalue weighted by Gasteiger charge is -2.10. The predicted octanol–water partition coefficient (Wildman–Crippen LogP) is 2.81. The molecule has 2 N–H and O–H groups in total. The maximum absolute atomic E-state index is 12.2. The minimum atomic E-state index is -3.75. The topological polar surface area (TPSA) is 66.4 Å². The minimum absolute atomic E-state index is 0.00716. The Bertz CT molecular complexity index is 625. The first-order valence-corrected chi connectivity index (χ1v) is 8.74. The summed E-state index contributed by atoms with van der Waals surface area (Å²) in [6, 6.07) is 2.83. The average molecular weight is 350 g/mol. The zero-order valence-corrected chi connectivity index (χ0v) is 13.9. The van der Waals surface area contributed by atoms with Crippen molar-refractivity contribution in [1.82, 2.24) is 4.72 Å². The molecule has 21 heavy (non-hydrogen) atoms. The molecule has 1 aromatic rings. The molecule has 0 aliphatic heterocycles. The summed E-state index contributed by atoms with van der Waals surface area (Å²) in [4.78, 5) is -0.142. The Morgan fingerprint density at radius 3 is 2.38 bits per heavy atom. The van der Waals surface area contributed by atoms with Gasteiger partial charge in [-0.1, -0.05) is 54.8 Å². The Labute approximate surface area is 135 Å². The second kappa shape index (κ2) is 8.62. The van der Waals surface area contributed by atoms with Gasteiger partial charge in [-0.25, -0.2) is 13.1 Å². The van der Waals surface area contributed by atoms with Gasteiger partial charge in [0.1, 0.15) is 11.5 Å². The smallest absolute Gasteiger partial charge is 0.243 e. The number of rotatable bonds is 6. The maximum Gasteiger partial charge on any atom is 0.243 e. The second-order valence-electron chi connectivity index (χ2n) is 4.33. The van der Waals surface area contributed by atoms with Gasteiger partial charge in [-0.2, -0.15) is 0 Å². The van der Waals surface area contributed by atoms with Crippen molar-refractivity contribution in [3.8, 4) is 11.8 Å². The fourth-order valence-electron chi connectivity index (χ4n) is 1.68. The van der Waals surface area contributed by atoms with Crippen LogP contribution >= 0.6 is 23.2 Å². The fraction of sp³-hybridized carbons (Fsp3) is 0.429. The largest absolute Gasteiger partial charge is 0.384 e. The summed E-state index contributed by atoms with van der Waals surface area (Å²) >= 11 is 12.0. The number of halogens is 2. The van der Waals surface area contributed by atoms with Gasteiger partial charge in [0.25, 0.3) is 0 Å². The number of hydrogen-bond donors (Lipinski definition) is 2. The molecule has 4 nitrogen and oxygen atoms in total. The Balaban J connectivity index is 3.02. The number of nitrogens with one attached hydrogen (secondary N) is 1. The Hall–Kier alpha value is -0.770. The van der Waals surface area contributed by atoms with E-state index in [2.05, 4.69) is 16.6 Å². The van der Waals surface area contributed by atoms with Gasteiger partial charge < -0.3 is 5.11 Å². The van der Waals surface area contributed by atoms with Gasteiger partial charge in [0.15, 0.2) is 0 Å². The summed E-state index contributed by atoms with van der Waals surface area (Å²) in [6.45, 7) is 2.08. The molecule has 0 amide bonds. The van der Waals surface area contributed by atoms with E-state index in [-0.39, 0.29) is 21.5 Å². The molecule has 116 valence electrons. The lowest BCUT2D eigenvalue weighted by molar-refractivity contribution is 0.350. The molecular formula is C14H17Cl2NO3S. The van der Waals surface area contributed by atoms with Crippen molar-refractivity contribution in [2.75, 3.05) is 13.2 Å². The predicted molar refractivity (Wildman–Crippen MR) is 85.1 cm³/mol. The van der Waals surface area contributed by atoms with E-state index >= 15 is 0 Å². The first-order valence-electron chi connectivity index (χ1n) is 6.50. The van der Waals surface area contributed by atoms with Crippen molar-refractivity contribution in [3.05, 3.63) is 27.7 Å². The van der Waals surface area contributed by atoms with Crippen LogP contribution in [0.5, 0.6) is 0 Å². The van der Waals surface area contributed by atoms with Gasteiger partial charge in [0, 0.05) is 12.1 Å². The summed E-state index contributed by atoms with van der Waals surface area (Å²) < 4.78 is 26.9. The van der Waals surface area contributed by atoms with Crippen molar-refractivity contribution in [2.24, 2.45) is 0 Å². The summed E-state index contributed by atoms with van der Waals surface area (Å²) in [5, 5.41) is 8.66. The third-order valence-electron chi connectivity index (χ3n) is 2.65. The summed E-state index contributed by atoms with van der Waals surface area (Å²) in [5.41, 5.74) is 0.448. The molecule has 0 bridgehead atoms. The molecule has 0 atom stereocenters. The summed E-state index contributed by atoms with van der Waals surface area (Å²) in [7, 11) is -3.75. The highest BCUT2D eigenvalue weighted by Crippen LogP contribution is 2.30. The van der Waals surface area contributed by atoms with Crippen LogP contribution in [-0.4, -0.2) is 26.7 Å². The Kier molecular flexibility index (Phi) is 7.50. The molecule has 0 saturated heterocycles. The standard InChI is InChI=1S/C14H17Cl2NO3S/c1-2-3-4-7-17-21(19,20)14-12(15)9-11(6-5-8-18)10-13(14)16/h9-10,17-18H,2-4,7-8H2,1H3. The molecule has 0 aliphatic rings. The molecule has 0 saturated carbocycles. The van der Waals surface area contributed by atoms with Crippen molar-refractivity contribution >= 4 is 33.2 Å². The van der Waals surface area contributed by atoms with Crippen molar-refractivity contribution in [3.63, 3.8) is 0 Å². The zero-order chi connectivity index (χ0) is 15.9. The molecule has 7 heteroatoms. The number of aliphatic hydroxyl groups is 1. The number of hydrogen-bond acceptors (Lipinski definition) is 3. The highest BCUT2D eigenvalue weighted by atomic mass is 35.5. The normalized spacial score (nSPS) is 11.0. The highest BCUT2D eigenvalue weighted by molar-refractivity contribution is 7.89. The van der Waals surface area contributed by atoms with E-state index < -0.39 is 10.0 Å². The highest BCUT2D eigenvalue weighted by Gasteiger charge is 2.21. The van der Waals surface area contributed by atoms with Gasteiger partial charge in [-0.05, 0) is 18.6 Å². The molecule has 0 aliphatic carbocycles. The van der Waals surface area contributed by atoms with Crippen molar-refractivity contribution in [1.29, 1.82) is 0 Å². The van der Waals surface area contributed by atoms with Crippen LogP contribution in [0.25, 0.3) is 0 Å². The number of benzene rings is 1. The van der Waals surface area contributed by atoms with Crippen LogP contribution in [0.15, 0.2) is 17.0 Å². The van der Waals surface area contributed by atoms with Crippen LogP contribution in [-0.2, 0) is 10.0 Å². The van der Waals surface area contributed by atoms with Crippen LogP contribution in [0.1, 0.15) is 31.7 Å². The van der Waals surface area contributed by atoms with E-state index in [1.165, 1.54) is 12.1 Å². The van der Waals surface area contributed by atoms with Crippen LogP contribution in [0, 0.1) is 11.8 Å².